The number of ether oxygens (including phenoxy) is 1. The smallest absolute Gasteiger partial charge is 0.123 e. The number of benzene rings is 1. The van der Waals surface area contributed by atoms with E-state index in [-0.39, 0.29) is 0 Å². The van der Waals surface area contributed by atoms with E-state index >= 15 is 0 Å². The fourth-order valence-corrected chi connectivity index (χ4v) is 3.13. The van der Waals surface area contributed by atoms with Crippen LogP contribution in [0.15, 0.2) is 24.3 Å². The molecule has 0 bridgehead atoms. The quantitative estimate of drug-likeness (QED) is 0.823. The summed E-state index contributed by atoms with van der Waals surface area (Å²) in [5.41, 5.74) is 1.29. The van der Waals surface area contributed by atoms with Gasteiger partial charge in [0.15, 0.2) is 0 Å². The molecule has 19 heavy (non-hydrogen) atoms. The fourth-order valence-electron chi connectivity index (χ4n) is 3.13. The second kappa shape index (κ2) is 7.54. The van der Waals surface area contributed by atoms with Crippen molar-refractivity contribution in [3.05, 3.63) is 29.8 Å². The van der Waals surface area contributed by atoms with Crippen LogP contribution in [-0.4, -0.2) is 13.7 Å². The molecule has 1 aliphatic carbocycles. The lowest BCUT2D eigenvalue weighted by molar-refractivity contribution is 0.322. The molecule has 2 nitrogen and oxygen atoms in total. The SMILES string of the molecule is CCC(NCC1CCCCC1)c1ccccc1OC. The highest BCUT2D eigenvalue weighted by Crippen LogP contribution is 2.28. The van der Waals surface area contributed by atoms with E-state index in [1.165, 1.54) is 37.7 Å². The fraction of sp³-hybridized carbons (Fsp3) is 0.647. The summed E-state index contributed by atoms with van der Waals surface area (Å²) in [6, 6.07) is 8.79. The third kappa shape index (κ3) is 3.97. The number of methoxy groups -OCH3 is 1. The van der Waals surface area contributed by atoms with Crippen molar-refractivity contribution >= 4 is 0 Å². The van der Waals surface area contributed by atoms with Gasteiger partial charge in [0.25, 0.3) is 0 Å². The molecule has 1 fully saturated rings. The molecular weight excluding hydrogens is 234 g/mol. The van der Waals surface area contributed by atoms with E-state index in [9.17, 15) is 0 Å². The zero-order chi connectivity index (χ0) is 13.5. The van der Waals surface area contributed by atoms with E-state index in [4.69, 9.17) is 4.74 Å². The second-order valence-electron chi connectivity index (χ2n) is 5.62. The molecule has 1 atom stereocenters. The van der Waals surface area contributed by atoms with E-state index in [1.807, 2.05) is 6.07 Å². The minimum Gasteiger partial charge on any atom is -0.496 e. The molecule has 2 heteroatoms. The normalized spacial score (nSPS) is 18.2. The minimum absolute atomic E-state index is 0.415. The van der Waals surface area contributed by atoms with Gasteiger partial charge in [0.1, 0.15) is 5.75 Å². The average Bonchev–Trinajstić information content (AvgIpc) is 2.49. The van der Waals surface area contributed by atoms with Gasteiger partial charge in [-0.2, -0.15) is 0 Å². The Labute approximate surface area is 117 Å². The molecule has 0 saturated heterocycles. The zero-order valence-electron chi connectivity index (χ0n) is 12.3. The topological polar surface area (TPSA) is 21.3 Å². The van der Waals surface area contributed by atoms with Gasteiger partial charge >= 0.3 is 0 Å². The molecule has 1 aliphatic rings. The molecule has 0 radical (unpaired) electrons. The van der Waals surface area contributed by atoms with Gasteiger partial charge < -0.3 is 10.1 Å². The summed E-state index contributed by atoms with van der Waals surface area (Å²) in [6.45, 7) is 3.39. The third-order valence-corrected chi connectivity index (χ3v) is 4.30. The molecule has 0 spiro atoms. The van der Waals surface area contributed by atoms with Crippen molar-refractivity contribution in [2.75, 3.05) is 13.7 Å². The van der Waals surface area contributed by atoms with Crippen LogP contribution in [0.3, 0.4) is 0 Å². The van der Waals surface area contributed by atoms with Gasteiger partial charge in [-0.05, 0) is 37.8 Å². The van der Waals surface area contributed by atoms with E-state index in [0.717, 1.165) is 24.6 Å². The Balaban J connectivity index is 1.95. The van der Waals surface area contributed by atoms with Crippen molar-refractivity contribution in [3.63, 3.8) is 0 Å². The molecule has 1 saturated carbocycles. The summed E-state index contributed by atoms with van der Waals surface area (Å²) in [5.74, 6) is 1.88. The monoisotopic (exact) mass is 261 g/mol. The van der Waals surface area contributed by atoms with Crippen LogP contribution in [0.5, 0.6) is 5.75 Å². The van der Waals surface area contributed by atoms with Crippen LogP contribution in [0.1, 0.15) is 57.1 Å². The summed E-state index contributed by atoms with van der Waals surface area (Å²) in [6.07, 6.45) is 8.16. The lowest BCUT2D eigenvalue weighted by Crippen LogP contribution is -2.28. The van der Waals surface area contributed by atoms with Crippen molar-refractivity contribution < 1.29 is 4.74 Å². The summed E-state index contributed by atoms with van der Waals surface area (Å²) < 4.78 is 5.48. The van der Waals surface area contributed by atoms with Crippen LogP contribution in [-0.2, 0) is 0 Å². The van der Waals surface area contributed by atoms with Crippen LogP contribution in [0.4, 0.5) is 0 Å². The largest absolute Gasteiger partial charge is 0.496 e. The number of hydrogen-bond donors (Lipinski definition) is 1. The van der Waals surface area contributed by atoms with E-state index in [1.54, 1.807) is 7.11 Å². The molecule has 0 heterocycles. The molecule has 0 aromatic heterocycles. The molecule has 106 valence electrons. The van der Waals surface area contributed by atoms with Crippen molar-refractivity contribution in [3.8, 4) is 5.75 Å². The highest BCUT2D eigenvalue weighted by molar-refractivity contribution is 5.35. The maximum Gasteiger partial charge on any atom is 0.123 e. The van der Waals surface area contributed by atoms with Crippen LogP contribution < -0.4 is 10.1 Å². The van der Waals surface area contributed by atoms with Crippen molar-refractivity contribution in [2.45, 2.75) is 51.5 Å². The molecule has 0 amide bonds. The van der Waals surface area contributed by atoms with Crippen LogP contribution in [0, 0.1) is 5.92 Å². The summed E-state index contributed by atoms with van der Waals surface area (Å²) >= 11 is 0. The van der Waals surface area contributed by atoms with E-state index in [0.29, 0.717) is 6.04 Å². The molecule has 0 aliphatic heterocycles. The van der Waals surface area contributed by atoms with Gasteiger partial charge in [0, 0.05) is 11.6 Å². The first-order chi connectivity index (χ1) is 9.35. The number of para-hydroxylation sites is 1. The molecule has 1 aromatic carbocycles. The molecule has 2 rings (SSSR count). The Bertz CT molecular complexity index is 371. The predicted octanol–water partition coefficient (Wildman–Crippen LogP) is 4.32. The molecular formula is C17H27NO. The number of nitrogens with one attached hydrogen (secondary N) is 1. The van der Waals surface area contributed by atoms with Gasteiger partial charge in [-0.15, -0.1) is 0 Å². The Kier molecular flexibility index (Phi) is 5.71. The predicted molar refractivity (Wildman–Crippen MR) is 80.6 cm³/mol. The first kappa shape index (κ1) is 14.4. The van der Waals surface area contributed by atoms with Crippen molar-refractivity contribution in [2.24, 2.45) is 5.92 Å². The van der Waals surface area contributed by atoms with Gasteiger partial charge in [-0.25, -0.2) is 0 Å². The van der Waals surface area contributed by atoms with Crippen LogP contribution >= 0.6 is 0 Å². The Morgan fingerprint density at radius 2 is 1.95 bits per heavy atom. The molecule has 1 N–H and O–H groups in total. The third-order valence-electron chi connectivity index (χ3n) is 4.30. The van der Waals surface area contributed by atoms with Gasteiger partial charge in [0.2, 0.25) is 0 Å². The van der Waals surface area contributed by atoms with Crippen LogP contribution in [0.2, 0.25) is 0 Å². The number of hydrogen-bond acceptors (Lipinski definition) is 2. The van der Waals surface area contributed by atoms with E-state index < -0.39 is 0 Å². The molecule has 1 unspecified atom stereocenters. The first-order valence-electron chi connectivity index (χ1n) is 7.71. The number of rotatable bonds is 6. The highest BCUT2D eigenvalue weighted by atomic mass is 16.5. The standard InChI is InChI=1S/C17H27NO/c1-3-16(15-11-7-8-12-17(15)19-2)18-13-14-9-5-4-6-10-14/h7-8,11-12,14,16,18H,3-6,9-10,13H2,1-2H3. The van der Waals surface area contributed by atoms with Crippen molar-refractivity contribution in [1.29, 1.82) is 0 Å². The Morgan fingerprint density at radius 3 is 2.63 bits per heavy atom. The highest BCUT2D eigenvalue weighted by Gasteiger charge is 2.17. The van der Waals surface area contributed by atoms with E-state index in [2.05, 4.69) is 30.4 Å². The van der Waals surface area contributed by atoms with Crippen molar-refractivity contribution in [1.82, 2.24) is 5.32 Å². The summed E-state index contributed by atoms with van der Waals surface area (Å²) in [5, 5.41) is 3.75. The molecule has 1 aromatic rings. The van der Waals surface area contributed by atoms with Gasteiger partial charge in [0.05, 0.1) is 7.11 Å². The van der Waals surface area contributed by atoms with Gasteiger partial charge in [-0.3, -0.25) is 0 Å². The second-order valence-corrected chi connectivity index (χ2v) is 5.62. The lowest BCUT2D eigenvalue weighted by atomic mass is 9.89. The first-order valence-corrected chi connectivity index (χ1v) is 7.71. The Morgan fingerprint density at radius 1 is 1.21 bits per heavy atom. The minimum atomic E-state index is 0.415. The Hall–Kier alpha value is -1.02. The maximum atomic E-state index is 5.48. The zero-order valence-corrected chi connectivity index (χ0v) is 12.3. The summed E-state index contributed by atoms with van der Waals surface area (Å²) in [7, 11) is 1.76. The summed E-state index contributed by atoms with van der Waals surface area (Å²) in [4.78, 5) is 0. The maximum absolute atomic E-state index is 5.48. The van der Waals surface area contributed by atoms with Gasteiger partial charge in [-0.1, -0.05) is 44.4 Å². The van der Waals surface area contributed by atoms with Crippen LogP contribution in [0.25, 0.3) is 0 Å². The average molecular weight is 261 g/mol. The lowest BCUT2D eigenvalue weighted by Gasteiger charge is -2.26.